The molecule has 0 amide bonds. The van der Waals surface area contributed by atoms with Crippen LogP contribution in [-0.2, 0) is 4.79 Å². The normalized spacial score (nSPS) is 17.9. The molecule has 1 aliphatic carbocycles. The number of rotatable bonds is 2. The van der Waals surface area contributed by atoms with Crippen LogP contribution in [0.5, 0.6) is 0 Å². The zero-order valence-electron chi connectivity index (χ0n) is 13.2. The van der Waals surface area contributed by atoms with Gasteiger partial charge in [0.15, 0.2) is 5.78 Å². The highest BCUT2D eigenvalue weighted by Crippen LogP contribution is 2.32. The molecule has 0 aliphatic heterocycles. The van der Waals surface area contributed by atoms with Crippen LogP contribution in [0.3, 0.4) is 0 Å². The van der Waals surface area contributed by atoms with Crippen molar-refractivity contribution in [3.63, 3.8) is 0 Å². The van der Waals surface area contributed by atoms with Gasteiger partial charge in [-0.1, -0.05) is 44.5 Å². The van der Waals surface area contributed by atoms with Gasteiger partial charge in [-0.25, -0.2) is 0 Å². The average Bonchev–Trinajstić information content (AvgIpc) is 2.43. The van der Waals surface area contributed by atoms with Crippen LogP contribution in [-0.4, -0.2) is 5.78 Å². The Morgan fingerprint density at radius 2 is 1.82 bits per heavy atom. The number of carbonyl (C=O) groups excluding carboxylic acids is 1. The third-order valence-electron chi connectivity index (χ3n) is 3.33. The molecule has 3 nitrogen and oxygen atoms in total. The van der Waals surface area contributed by atoms with Gasteiger partial charge < -0.3 is 0 Å². The molecule has 22 heavy (non-hydrogen) atoms. The molecule has 0 N–H and O–H groups in total. The number of benzene rings is 1. The summed E-state index contributed by atoms with van der Waals surface area (Å²) in [6.45, 7) is 7.90. The lowest BCUT2D eigenvalue weighted by atomic mass is 9.78. The summed E-state index contributed by atoms with van der Waals surface area (Å²) in [5.74, 6) is 0.0905. The van der Waals surface area contributed by atoms with E-state index < -0.39 is 0 Å². The second kappa shape index (κ2) is 6.41. The second-order valence-corrected chi connectivity index (χ2v) is 6.67. The molecular weight excluding hydrogens is 296 g/mol. The van der Waals surface area contributed by atoms with Crippen molar-refractivity contribution >= 4 is 23.1 Å². The lowest BCUT2D eigenvalue weighted by molar-refractivity contribution is -0.113. The Labute approximate surface area is 136 Å². The maximum atomic E-state index is 12.2. The van der Waals surface area contributed by atoms with E-state index in [0.717, 1.165) is 11.1 Å². The third kappa shape index (κ3) is 3.80. The number of nitrogens with zero attached hydrogens (tertiary/aromatic N) is 2. The van der Waals surface area contributed by atoms with Crippen molar-refractivity contribution in [3.8, 4) is 0 Å². The number of carbonyl (C=O) groups is 1. The molecule has 0 saturated carbocycles. The fourth-order valence-corrected chi connectivity index (χ4v) is 2.30. The van der Waals surface area contributed by atoms with E-state index in [1.807, 2.05) is 52.0 Å². The van der Waals surface area contributed by atoms with Crippen LogP contribution in [0, 0.1) is 5.41 Å². The minimum absolute atomic E-state index is 0.0905. The number of hydrogen-bond donors (Lipinski definition) is 0. The predicted molar refractivity (Wildman–Crippen MR) is 90.4 cm³/mol. The first kappa shape index (κ1) is 16.4. The molecule has 2 rings (SSSR count). The Balaban J connectivity index is 2.30. The molecule has 0 saturated heterocycles. The SMILES string of the molecule is CC1=C/C(=C/N=Nc2ccccc2Cl)C=C(C(C)(C)C)C1=O. The predicted octanol–water partition coefficient (Wildman–Crippen LogP) is 5.81. The molecule has 114 valence electrons. The van der Waals surface area contributed by atoms with Crippen molar-refractivity contribution in [2.24, 2.45) is 15.6 Å². The third-order valence-corrected chi connectivity index (χ3v) is 3.65. The fraction of sp³-hybridized carbons (Fsp3) is 0.278. The molecule has 0 fully saturated rings. The molecule has 1 aromatic carbocycles. The molecule has 4 heteroatoms. The molecular formula is C18H19ClN2O. The van der Waals surface area contributed by atoms with E-state index in [4.69, 9.17) is 11.6 Å². The molecule has 0 bridgehead atoms. The number of ketones is 1. The van der Waals surface area contributed by atoms with Gasteiger partial charge in [0.05, 0.1) is 11.2 Å². The quantitative estimate of drug-likeness (QED) is 0.635. The summed E-state index contributed by atoms with van der Waals surface area (Å²) in [4.78, 5) is 12.2. The Morgan fingerprint density at radius 3 is 2.45 bits per heavy atom. The van der Waals surface area contributed by atoms with Gasteiger partial charge in [-0.3, -0.25) is 4.79 Å². The van der Waals surface area contributed by atoms with Crippen molar-refractivity contribution in [1.82, 2.24) is 0 Å². The molecule has 1 aromatic rings. The fourth-order valence-electron chi connectivity index (χ4n) is 2.12. The van der Waals surface area contributed by atoms with Crippen LogP contribution in [0.1, 0.15) is 27.7 Å². The van der Waals surface area contributed by atoms with E-state index in [9.17, 15) is 4.79 Å². The minimum atomic E-state index is -0.203. The summed E-state index contributed by atoms with van der Waals surface area (Å²) < 4.78 is 0. The molecule has 0 atom stereocenters. The maximum absolute atomic E-state index is 12.2. The Morgan fingerprint density at radius 1 is 1.14 bits per heavy atom. The number of hydrogen-bond acceptors (Lipinski definition) is 3. The number of Topliss-reactive ketones (excluding diaryl/α,β-unsaturated/α-hetero) is 1. The van der Waals surface area contributed by atoms with Gasteiger partial charge in [0.2, 0.25) is 0 Å². The van der Waals surface area contributed by atoms with Crippen LogP contribution in [0.2, 0.25) is 5.02 Å². The highest BCUT2D eigenvalue weighted by atomic mass is 35.5. The molecule has 0 spiro atoms. The van der Waals surface area contributed by atoms with Gasteiger partial charge >= 0.3 is 0 Å². The van der Waals surface area contributed by atoms with Crippen LogP contribution in [0.4, 0.5) is 5.69 Å². The first-order chi connectivity index (χ1) is 10.3. The van der Waals surface area contributed by atoms with Crippen LogP contribution in [0.25, 0.3) is 0 Å². The molecule has 0 heterocycles. The first-order valence-corrected chi connectivity index (χ1v) is 7.47. The van der Waals surface area contributed by atoms with Crippen LogP contribution in [0.15, 0.2) is 69.6 Å². The highest BCUT2D eigenvalue weighted by Gasteiger charge is 2.27. The van der Waals surface area contributed by atoms with E-state index >= 15 is 0 Å². The summed E-state index contributed by atoms with van der Waals surface area (Å²) in [7, 11) is 0. The standard InChI is InChI=1S/C18H19ClN2O/c1-12-9-13(10-14(17(12)22)18(2,3)4)11-20-21-16-8-6-5-7-15(16)19/h5-11H,1-4H3/b13-11-,21-20?. The Bertz CT molecular complexity index is 719. The van der Waals surface area contributed by atoms with E-state index in [2.05, 4.69) is 10.2 Å². The monoisotopic (exact) mass is 314 g/mol. The molecule has 1 aliphatic rings. The Hall–Kier alpha value is -2.00. The molecule has 0 aromatic heterocycles. The average molecular weight is 315 g/mol. The van der Waals surface area contributed by atoms with E-state index in [-0.39, 0.29) is 11.2 Å². The summed E-state index contributed by atoms with van der Waals surface area (Å²) in [6.07, 6.45) is 5.34. The Kier molecular flexibility index (Phi) is 4.77. The number of azo groups is 1. The van der Waals surface area contributed by atoms with Gasteiger partial charge in [-0.2, -0.15) is 5.11 Å². The summed E-state index contributed by atoms with van der Waals surface area (Å²) >= 11 is 6.03. The lowest BCUT2D eigenvalue weighted by Gasteiger charge is -2.24. The van der Waals surface area contributed by atoms with Crippen molar-refractivity contribution in [3.05, 3.63) is 64.4 Å². The van der Waals surface area contributed by atoms with Gasteiger partial charge in [0.1, 0.15) is 5.69 Å². The van der Waals surface area contributed by atoms with Crippen molar-refractivity contribution < 1.29 is 4.79 Å². The second-order valence-electron chi connectivity index (χ2n) is 6.26. The van der Waals surface area contributed by atoms with E-state index in [1.54, 1.807) is 18.3 Å². The summed E-state index contributed by atoms with van der Waals surface area (Å²) in [5.41, 5.74) is 2.77. The zero-order chi connectivity index (χ0) is 16.3. The van der Waals surface area contributed by atoms with Crippen LogP contribution >= 0.6 is 11.6 Å². The van der Waals surface area contributed by atoms with Crippen molar-refractivity contribution in [2.75, 3.05) is 0 Å². The maximum Gasteiger partial charge on any atom is 0.185 e. The summed E-state index contributed by atoms with van der Waals surface area (Å²) in [6, 6.07) is 7.27. The smallest absolute Gasteiger partial charge is 0.185 e. The largest absolute Gasteiger partial charge is 0.289 e. The van der Waals surface area contributed by atoms with Gasteiger partial charge in [-0.15, -0.1) is 5.11 Å². The zero-order valence-corrected chi connectivity index (χ0v) is 14.0. The van der Waals surface area contributed by atoms with E-state index in [1.165, 1.54) is 0 Å². The molecule has 0 radical (unpaired) electrons. The topological polar surface area (TPSA) is 41.8 Å². The molecule has 0 unspecified atom stereocenters. The van der Waals surface area contributed by atoms with Crippen LogP contribution < -0.4 is 0 Å². The lowest BCUT2D eigenvalue weighted by Crippen LogP contribution is -2.21. The van der Waals surface area contributed by atoms with E-state index in [0.29, 0.717) is 16.3 Å². The number of halogens is 1. The van der Waals surface area contributed by atoms with Gasteiger partial charge in [0, 0.05) is 5.57 Å². The van der Waals surface area contributed by atoms with Gasteiger partial charge in [0.25, 0.3) is 0 Å². The summed E-state index contributed by atoms with van der Waals surface area (Å²) in [5, 5.41) is 8.74. The van der Waals surface area contributed by atoms with Crippen molar-refractivity contribution in [1.29, 1.82) is 0 Å². The first-order valence-electron chi connectivity index (χ1n) is 7.10. The number of allylic oxidation sites excluding steroid dienone is 5. The van der Waals surface area contributed by atoms with Gasteiger partial charge in [-0.05, 0) is 47.8 Å². The minimum Gasteiger partial charge on any atom is -0.289 e. The van der Waals surface area contributed by atoms with Crippen molar-refractivity contribution in [2.45, 2.75) is 27.7 Å². The highest BCUT2D eigenvalue weighted by molar-refractivity contribution is 6.32.